The molecular weight excluding hydrogens is 394 g/mol. The van der Waals surface area contributed by atoms with E-state index in [1.54, 1.807) is 11.0 Å². The summed E-state index contributed by atoms with van der Waals surface area (Å²) in [6, 6.07) is 7.61. The van der Waals surface area contributed by atoms with Gasteiger partial charge in [-0.25, -0.2) is 0 Å². The summed E-state index contributed by atoms with van der Waals surface area (Å²) in [6.45, 7) is 12.8. The Bertz CT molecular complexity index is 875. The topological polar surface area (TPSA) is 67.9 Å². The molecule has 0 bridgehead atoms. The number of aromatic nitrogens is 1. The Balaban J connectivity index is 1.68. The second-order valence-corrected chi connectivity index (χ2v) is 8.78. The number of hydrogen-bond donors (Lipinski definition) is 0. The molecule has 0 saturated carbocycles. The number of hydrogen-bond acceptors (Lipinski definition) is 4. The number of morpholine rings is 1. The van der Waals surface area contributed by atoms with Crippen LogP contribution >= 0.6 is 0 Å². The molecule has 2 aromatic heterocycles. The van der Waals surface area contributed by atoms with E-state index in [0.717, 1.165) is 18.7 Å². The van der Waals surface area contributed by atoms with Gasteiger partial charge in [-0.05, 0) is 44.5 Å². The summed E-state index contributed by atoms with van der Waals surface area (Å²) in [5.74, 6) is 1.10. The molecule has 0 radical (unpaired) electrons. The van der Waals surface area contributed by atoms with Crippen molar-refractivity contribution >= 4 is 11.8 Å². The smallest absolute Gasteiger partial charge is 0.289 e. The zero-order valence-electron chi connectivity index (χ0n) is 19.3. The second-order valence-electron chi connectivity index (χ2n) is 8.78. The number of carbonyl (C=O) groups excluding carboxylic acids is 2. The molecular formula is C24H35N3O4. The number of rotatable bonds is 8. The Hall–Kier alpha value is -2.54. The van der Waals surface area contributed by atoms with Gasteiger partial charge < -0.3 is 23.5 Å². The molecule has 3 rings (SSSR count). The first-order valence-corrected chi connectivity index (χ1v) is 11.2. The first-order valence-electron chi connectivity index (χ1n) is 11.2. The highest BCUT2D eigenvalue weighted by Crippen LogP contribution is 2.18. The average Bonchev–Trinajstić information content (AvgIpc) is 3.35. The summed E-state index contributed by atoms with van der Waals surface area (Å²) in [4.78, 5) is 29.1. The standard InChI is InChI=1S/C24H35N3O4/c1-6-11-26(23(28)17(2)3)15-20-8-7-12-25(20)16-21-9-10-22(31-21)24(29)27-13-18(4)30-19(5)14-27/h7-10,12,17-19H,6,11,13-16H2,1-5H3/t18-,19+. The average molecular weight is 430 g/mol. The van der Waals surface area contributed by atoms with E-state index in [-0.39, 0.29) is 29.9 Å². The fraction of sp³-hybridized carbons (Fsp3) is 0.583. The molecule has 1 fully saturated rings. The van der Waals surface area contributed by atoms with E-state index in [2.05, 4.69) is 11.5 Å². The van der Waals surface area contributed by atoms with Crippen LogP contribution in [0.5, 0.6) is 0 Å². The van der Waals surface area contributed by atoms with Gasteiger partial charge in [0.05, 0.1) is 25.3 Å². The third kappa shape index (κ3) is 5.79. The maximum Gasteiger partial charge on any atom is 0.289 e. The van der Waals surface area contributed by atoms with Crippen LogP contribution in [0.2, 0.25) is 0 Å². The van der Waals surface area contributed by atoms with Crippen LogP contribution in [-0.4, -0.2) is 58.0 Å². The van der Waals surface area contributed by atoms with E-state index in [0.29, 0.717) is 37.7 Å². The molecule has 0 unspecified atom stereocenters. The molecule has 3 heterocycles. The lowest BCUT2D eigenvalue weighted by Gasteiger charge is -2.34. The van der Waals surface area contributed by atoms with Crippen LogP contribution in [0.4, 0.5) is 0 Å². The van der Waals surface area contributed by atoms with Gasteiger partial charge >= 0.3 is 0 Å². The van der Waals surface area contributed by atoms with Gasteiger partial charge in [-0.1, -0.05) is 20.8 Å². The van der Waals surface area contributed by atoms with E-state index in [1.807, 2.05) is 57.0 Å². The largest absolute Gasteiger partial charge is 0.454 e. The molecule has 0 aliphatic carbocycles. The van der Waals surface area contributed by atoms with Crippen LogP contribution in [0, 0.1) is 5.92 Å². The first kappa shape index (κ1) is 23.1. The molecule has 7 nitrogen and oxygen atoms in total. The molecule has 0 aromatic carbocycles. The Labute approximate surface area is 184 Å². The number of amides is 2. The number of carbonyl (C=O) groups is 2. The highest BCUT2D eigenvalue weighted by Gasteiger charge is 2.28. The number of furan rings is 1. The molecule has 2 amide bonds. The van der Waals surface area contributed by atoms with E-state index < -0.39 is 0 Å². The van der Waals surface area contributed by atoms with Crippen LogP contribution in [0.1, 0.15) is 63.0 Å². The fourth-order valence-electron chi connectivity index (χ4n) is 4.09. The number of ether oxygens (including phenoxy) is 1. The Morgan fingerprint density at radius 1 is 1.16 bits per heavy atom. The van der Waals surface area contributed by atoms with Gasteiger partial charge in [0.2, 0.25) is 5.91 Å². The van der Waals surface area contributed by atoms with Crippen molar-refractivity contribution in [3.63, 3.8) is 0 Å². The van der Waals surface area contributed by atoms with Crippen LogP contribution in [0.3, 0.4) is 0 Å². The van der Waals surface area contributed by atoms with Crippen LogP contribution in [0.25, 0.3) is 0 Å². The normalized spacial score (nSPS) is 19.1. The predicted molar refractivity (Wildman–Crippen MR) is 119 cm³/mol. The van der Waals surface area contributed by atoms with E-state index in [4.69, 9.17) is 9.15 Å². The Morgan fingerprint density at radius 3 is 2.52 bits per heavy atom. The summed E-state index contributed by atoms with van der Waals surface area (Å²) < 4.78 is 13.7. The maximum atomic E-state index is 12.9. The third-order valence-corrected chi connectivity index (χ3v) is 5.48. The van der Waals surface area contributed by atoms with Gasteiger partial charge in [0.1, 0.15) is 5.76 Å². The van der Waals surface area contributed by atoms with Gasteiger partial charge in [0.25, 0.3) is 5.91 Å². The summed E-state index contributed by atoms with van der Waals surface area (Å²) in [6.07, 6.45) is 2.93. The van der Waals surface area contributed by atoms with Crippen LogP contribution < -0.4 is 0 Å². The van der Waals surface area contributed by atoms with Gasteiger partial charge in [0, 0.05) is 37.4 Å². The lowest BCUT2D eigenvalue weighted by molar-refractivity contribution is -0.135. The van der Waals surface area contributed by atoms with Crippen molar-refractivity contribution in [2.45, 2.75) is 66.3 Å². The minimum atomic E-state index is -0.0994. The predicted octanol–water partition coefficient (Wildman–Crippen LogP) is 3.77. The van der Waals surface area contributed by atoms with Crippen molar-refractivity contribution in [2.24, 2.45) is 5.92 Å². The van der Waals surface area contributed by atoms with Crippen molar-refractivity contribution in [1.29, 1.82) is 0 Å². The number of nitrogens with zero attached hydrogens (tertiary/aromatic N) is 3. The SMILES string of the molecule is CCCN(Cc1cccn1Cc1ccc(C(=O)N2C[C@@H](C)O[C@@H](C)C2)o1)C(=O)C(C)C. The monoisotopic (exact) mass is 429 g/mol. The second kappa shape index (κ2) is 10.2. The zero-order chi connectivity index (χ0) is 22.5. The molecule has 0 spiro atoms. The van der Waals surface area contributed by atoms with Crippen molar-refractivity contribution in [2.75, 3.05) is 19.6 Å². The third-order valence-electron chi connectivity index (χ3n) is 5.48. The summed E-state index contributed by atoms with van der Waals surface area (Å²) in [5.41, 5.74) is 1.04. The van der Waals surface area contributed by atoms with Gasteiger partial charge in [-0.15, -0.1) is 0 Å². The van der Waals surface area contributed by atoms with Crippen molar-refractivity contribution in [1.82, 2.24) is 14.4 Å². The first-order chi connectivity index (χ1) is 14.8. The zero-order valence-corrected chi connectivity index (χ0v) is 19.3. The van der Waals surface area contributed by atoms with Crippen molar-refractivity contribution < 1.29 is 18.7 Å². The van der Waals surface area contributed by atoms with Gasteiger partial charge in [-0.2, -0.15) is 0 Å². The molecule has 170 valence electrons. The van der Waals surface area contributed by atoms with E-state index in [9.17, 15) is 9.59 Å². The maximum absolute atomic E-state index is 12.9. The minimum Gasteiger partial charge on any atom is -0.454 e. The lowest BCUT2D eigenvalue weighted by atomic mass is 10.2. The van der Waals surface area contributed by atoms with E-state index >= 15 is 0 Å². The Kier molecular flexibility index (Phi) is 7.59. The highest BCUT2D eigenvalue weighted by atomic mass is 16.5. The van der Waals surface area contributed by atoms with Gasteiger partial charge in [-0.3, -0.25) is 9.59 Å². The van der Waals surface area contributed by atoms with Crippen molar-refractivity contribution in [3.8, 4) is 0 Å². The molecule has 2 aromatic rings. The molecule has 0 N–H and O–H groups in total. The Morgan fingerprint density at radius 2 is 1.87 bits per heavy atom. The molecule has 1 aliphatic rings. The van der Waals surface area contributed by atoms with Crippen molar-refractivity contribution in [3.05, 3.63) is 47.7 Å². The van der Waals surface area contributed by atoms with Crippen LogP contribution in [-0.2, 0) is 22.6 Å². The summed E-state index contributed by atoms with van der Waals surface area (Å²) in [5, 5.41) is 0. The lowest BCUT2D eigenvalue weighted by Crippen LogP contribution is -2.48. The quantitative estimate of drug-likeness (QED) is 0.641. The molecule has 1 aliphatic heterocycles. The highest BCUT2D eigenvalue weighted by molar-refractivity contribution is 5.91. The fourth-order valence-corrected chi connectivity index (χ4v) is 4.09. The molecule has 2 atom stereocenters. The molecule has 1 saturated heterocycles. The van der Waals surface area contributed by atoms with Crippen LogP contribution in [0.15, 0.2) is 34.9 Å². The summed E-state index contributed by atoms with van der Waals surface area (Å²) in [7, 11) is 0. The molecule has 31 heavy (non-hydrogen) atoms. The summed E-state index contributed by atoms with van der Waals surface area (Å²) >= 11 is 0. The van der Waals surface area contributed by atoms with E-state index in [1.165, 1.54) is 0 Å². The minimum absolute atomic E-state index is 0.0178. The van der Waals surface area contributed by atoms with Gasteiger partial charge in [0.15, 0.2) is 5.76 Å². The molecule has 7 heteroatoms.